The van der Waals surface area contributed by atoms with E-state index < -0.39 is 0 Å². The van der Waals surface area contributed by atoms with Gasteiger partial charge in [-0.15, -0.1) is 0 Å². The molecule has 0 N–H and O–H groups in total. The quantitative estimate of drug-likeness (QED) is 0.638. The first kappa shape index (κ1) is 12.8. The van der Waals surface area contributed by atoms with Crippen molar-refractivity contribution in [1.82, 2.24) is 4.90 Å². The normalized spacial score (nSPS) is 20.5. The zero-order chi connectivity index (χ0) is 11.5. The van der Waals surface area contributed by atoms with E-state index in [2.05, 4.69) is 39.2 Å². The van der Waals surface area contributed by atoms with Gasteiger partial charge in [0.1, 0.15) is 0 Å². The molecule has 1 aliphatic rings. The molecule has 15 heavy (non-hydrogen) atoms. The van der Waals surface area contributed by atoms with Crippen molar-refractivity contribution >= 4 is 0 Å². The first-order valence-electron chi connectivity index (χ1n) is 6.38. The SMILES string of the molecule is C=C(CCC)C1CCN(C(C)(C)C)CC1. The lowest BCUT2D eigenvalue weighted by molar-refractivity contribution is 0.0943. The van der Waals surface area contributed by atoms with Crippen LogP contribution in [0.4, 0.5) is 0 Å². The van der Waals surface area contributed by atoms with Crippen LogP contribution in [0.25, 0.3) is 0 Å². The molecule has 1 saturated heterocycles. The molecule has 0 spiro atoms. The lowest BCUT2D eigenvalue weighted by atomic mass is 9.86. The van der Waals surface area contributed by atoms with E-state index in [4.69, 9.17) is 0 Å². The number of likely N-dealkylation sites (tertiary alicyclic amines) is 1. The van der Waals surface area contributed by atoms with Gasteiger partial charge in [0, 0.05) is 5.54 Å². The molecule has 1 aliphatic heterocycles. The second-order valence-electron chi connectivity index (χ2n) is 5.84. The molecule has 1 heteroatoms. The smallest absolute Gasteiger partial charge is 0.0125 e. The molecular formula is C14H27N. The Morgan fingerprint density at radius 2 is 1.80 bits per heavy atom. The molecule has 1 rings (SSSR count). The van der Waals surface area contributed by atoms with Crippen LogP contribution < -0.4 is 0 Å². The summed E-state index contributed by atoms with van der Waals surface area (Å²) in [7, 11) is 0. The summed E-state index contributed by atoms with van der Waals surface area (Å²) in [5, 5.41) is 0. The molecule has 0 bridgehead atoms. The molecule has 1 heterocycles. The summed E-state index contributed by atoms with van der Waals surface area (Å²) >= 11 is 0. The van der Waals surface area contributed by atoms with E-state index in [0.29, 0.717) is 5.54 Å². The average Bonchev–Trinajstić information content (AvgIpc) is 2.17. The number of hydrogen-bond donors (Lipinski definition) is 0. The van der Waals surface area contributed by atoms with Gasteiger partial charge in [-0.3, -0.25) is 4.90 Å². The van der Waals surface area contributed by atoms with Gasteiger partial charge < -0.3 is 0 Å². The van der Waals surface area contributed by atoms with Gasteiger partial charge in [-0.1, -0.05) is 25.5 Å². The Balaban J connectivity index is 2.39. The average molecular weight is 209 g/mol. The van der Waals surface area contributed by atoms with Crippen LogP contribution in [-0.4, -0.2) is 23.5 Å². The van der Waals surface area contributed by atoms with Crippen LogP contribution in [0.15, 0.2) is 12.2 Å². The van der Waals surface area contributed by atoms with E-state index in [1.165, 1.54) is 44.3 Å². The van der Waals surface area contributed by atoms with Crippen molar-refractivity contribution in [3.63, 3.8) is 0 Å². The monoisotopic (exact) mass is 209 g/mol. The minimum absolute atomic E-state index is 0.344. The van der Waals surface area contributed by atoms with Crippen LogP contribution in [0.2, 0.25) is 0 Å². The van der Waals surface area contributed by atoms with Gasteiger partial charge in [-0.25, -0.2) is 0 Å². The number of nitrogens with zero attached hydrogens (tertiary/aromatic N) is 1. The Kier molecular flexibility index (Phi) is 4.39. The fourth-order valence-corrected chi connectivity index (χ4v) is 2.48. The van der Waals surface area contributed by atoms with Gasteiger partial charge in [0.25, 0.3) is 0 Å². The first-order valence-corrected chi connectivity index (χ1v) is 6.38. The van der Waals surface area contributed by atoms with Crippen LogP contribution in [-0.2, 0) is 0 Å². The molecule has 0 amide bonds. The largest absolute Gasteiger partial charge is 0.298 e. The lowest BCUT2D eigenvalue weighted by Gasteiger charge is -2.41. The molecule has 0 unspecified atom stereocenters. The molecule has 0 saturated carbocycles. The van der Waals surface area contributed by atoms with E-state index in [9.17, 15) is 0 Å². The van der Waals surface area contributed by atoms with Gasteiger partial charge >= 0.3 is 0 Å². The molecule has 0 atom stereocenters. The first-order chi connectivity index (χ1) is 6.95. The second kappa shape index (κ2) is 5.16. The van der Waals surface area contributed by atoms with Crippen LogP contribution in [0.3, 0.4) is 0 Å². The maximum atomic E-state index is 4.24. The summed E-state index contributed by atoms with van der Waals surface area (Å²) in [6, 6.07) is 0. The van der Waals surface area contributed by atoms with Crippen molar-refractivity contribution < 1.29 is 0 Å². The highest BCUT2D eigenvalue weighted by molar-refractivity contribution is 5.02. The Morgan fingerprint density at radius 1 is 1.27 bits per heavy atom. The van der Waals surface area contributed by atoms with E-state index in [1.54, 1.807) is 0 Å². The fourth-order valence-electron chi connectivity index (χ4n) is 2.48. The molecule has 1 nitrogen and oxygen atoms in total. The standard InChI is InChI=1S/C14H27N/c1-6-7-12(2)13-8-10-15(11-9-13)14(3,4)5/h13H,2,6-11H2,1,3-5H3. The second-order valence-corrected chi connectivity index (χ2v) is 5.84. The van der Waals surface area contributed by atoms with Gasteiger partial charge in [-0.2, -0.15) is 0 Å². The van der Waals surface area contributed by atoms with E-state index >= 15 is 0 Å². The summed E-state index contributed by atoms with van der Waals surface area (Å²) in [5.74, 6) is 0.795. The van der Waals surface area contributed by atoms with Crippen molar-refractivity contribution in [3.05, 3.63) is 12.2 Å². The zero-order valence-corrected chi connectivity index (χ0v) is 11.0. The molecule has 0 aromatic rings. The van der Waals surface area contributed by atoms with Crippen LogP contribution in [0, 0.1) is 5.92 Å². The third kappa shape index (κ3) is 3.64. The summed E-state index contributed by atoms with van der Waals surface area (Å²) in [6.07, 6.45) is 5.10. The maximum absolute atomic E-state index is 4.24. The third-order valence-electron chi connectivity index (χ3n) is 3.59. The number of piperidine rings is 1. The molecule has 0 radical (unpaired) electrons. The Bertz CT molecular complexity index is 204. The van der Waals surface area contributed by atoms with Crippen LogP contribution in [0.1, 0.15) is 53.4 Å². The van der Waals surface area contributed by atoms with Crippen LogP contribution >= 0.6 is 0 Å². The Morgan fingerprint density at radius 3 is 2.20 bits per heavy atom. The highest BCUT2D eigenvalue weighted by Gasteiger charge is 2.27. The van der Waals surface area contributed by atoms with Gasteiger partial charge in [0.05, 0.1) is 0 Å². The maximum Gasteiger partial charge on any atom is 0.0125 e. The molecule has 0 aliphatic carbocycles. The van der Waals surface area contributed by atoms with Gasteiger partial charge in [-0.05, 0) is 59.0 Å². The number of rotatable bonds is 3. The summed E-state index contributed by atoms with van der Waals surface area (Å²) in [4.78, 5) is 2.60. The van der Waals surface area contributed by atoms with Crippen molar-refractivity contribution in [2.24, 2.45) is 5.92 Å². The minimum atomic E-state index is 0.344. The van der Waals surface area contributed by atoms with Gasteiger partial charge in [0.2, 0.25) is 0 Å². The van der Waals surface area contributed by atoms with E-state index in [-0.39, 0.29) is 0 Å². The number of allylic oxidation sites excluding steroid dienone is 1. The van der Waals surface area contributed by atoms with Crippen LogP contribution in [0.5, 0.6) is 0 Å². The summed E-state index contributed by atoms with van der Waals surface area (Å²) < 4.78 is 0. The molecule has 88 valence electrons. The molecule has 0 aromatic carbocycles. The van der Waals surface area contributed by atoms with E-state index in [1.807, 2.05) is 0 Å². The molecule has 0 aromatic heterocycles. The minimum Gasteiger partial charge on any atom is -0.298 e. The Hall–Kier alpha value is -0.300. The van der Waals surface area contributed by atoms with Crippen molar-refractivity contribution in [3.8, 4) is 0 Å². The van der Waals surface area contributed by atoms with Gasteiger partial charge in [0.15, 0.2) is 0 Å². The van der Waals surface area contributed by atoms with Crippen molar-refractivity contribution in [2.75, 3.05) is 13.1 Å². The third-order valence-corrected chi connectivity index (χ3v) is 3.59. The zero-order valence-electron chi connectivity index (χ0n) is 11.0. The number of hydrogen-bond acceptors (Lipinski definition) is 1. The predicted octanol–water partition coefficient (Wildman–Crippen LogP) is 3.85. The highest BCUT2D eigenvalue weighted by atomic mass is 15.2. The molecular weight excluding hydrogens is 182 g/mol. The van der Waals surface area contributed by atoms with Crippen molar-refractivity contribution in [2.45, 2.75) is 58.9 Å². The molecule has 1 fully saturated rings. The summed E-state index contributed by atoms with van der Waals surface area (Å²) in [6.45, 7) is 15.9. The topological polar surface area (TPSA) is 3.24 Å². The Labute approximate surface area is 95.5 Å². The fraction of sp³-hybridized carbons (Fsp3) is 0.857. The lowest BCUT2D eigenvalue weighted by Crippen LogP contribution is -2.46. The predicted molar refractivity (Wildman–Crippen MR) is 68.1 cm³/mol. The highest BCUT2D eigenvalue weighted by Crippen LogP contribution is 2.29. The van der Waals surface area contributed by atoms with Crippen molar-refractivity contribution in [1.29, 1.82) is 0 Å². The van der Waals surface area contributed by atoms with E-state index in [0.717, 1.165) is 5.92 Å². The summed E-state index contributed by atoms with van der Waals surface area (Å²) in [5.41, 5.74) is 1.84.